The Morgan fingerprint density at radius 3 is 2.65 bits per heavy atom. The van der Waals surface area contributed by atoms with Crippen LogP contribution in [0, 0.1) is 13.8 Å². The molecule has 1 aliphatic rings. The van der Waals surface area contributed by atoms with Crippen molar-refractivity contribution in [3.05, 3.63) is 45.3 Å². The van der Waals surface area contributed by atoms with Crippen molar-refractivity contribution in [3.8, 4) is 0 Å². The van der Waals surface area contributed by atoms with E-state index >= 15 is 0 Å². The maximum absolute atomic E-state index is 12.4. The molecule has 0 saturated carbocycles. The van der Waals surface area contributed by atoms with E-state index in [1.54, 1.807) is 6.07 Å². The van der Waals surface area contributed by atoms with Crippen LogP contribution in [0.2, 0.25) is 0 Å². The summed E-state index contributed by atoms with van der Waals surface area (Å²) >= 11 is 0. The first kappa shape index (κ1) is 18.6. The molecule has 2 aromatic rings. The molecule has 1 aromatic carbocycles. The van der Waals surface area contributed by atoms with Crippen molar-refractivity contribution < 1.29 is 22.4 Å². The number of hydrogen-bond acceptors (Lipinski definition) is 6. The van der Waals surface area contributed by atoms with Crippen LogP contribution in [-0.2, 0) is 26.2 Å². The van der Waals surface area contributed by atoms with Crippen LogP contribution in [0.15, 0.2) is 27.4 Å². The van der Waals surface area contributed by atoms with Gasteiger partial charge in [0, 0.05) is 23.6 Å². The van der Waals surface area contributed by atoms with E-state index in [2.05, 4.69) is 0 Å². The van der Waals surface area contributed by atoms with Crippen LogP contribution in [-0.4, -0.2) is 37.5 Å². The minimum absolute atomic E-state index is 0.114. The first-order valence-corrected chi connectivity index (χ1v) is 10.2. The van der Waals surface area contributed by atoms with E-state index in [1.807, 2.05) is 19.9 Å². The van der Waals surface area contributed by atoms with E-state index in [0.717, 1.165) is 17.4 Å². The second-order valence-corrected chi connectivity index (χ2v) is 8.60. The number of rotatable bonds is 4. The van der Waals surface area contributed by atoms with Crippen LogP contribution in [0.3, 0.4) is 0 Å². The Hall–Kier alpha value is -2.19. The van der Waals surface area contributed by atoms with Gasteiger partial charge in [-0.15, -0.1) is 0 Å². The molecule has 2 heterocycles. The molecule has 7 nitrogen and oxygen atoms in total. The number of ether oxygens (including phenoxy) is 1. The van der Waals surface area contributed by atoms with Crippen molar-refractivity contribution >= 4 is 27.0 Å². The van der Waals surface area contributed by atoms with E-state index in [-0.39, 0.29) is 6.61 Å². The van der Waals surface area contributed by atoms with Crippen molar-refractivity contribution in [1.82, 2.24) is 4.31 Å². The topological polar surface area (TPSA) is 93.9 Å². The van der Waals surface area contributed by atoms with Crippen LogP contribution < -0.4 is 5.63 Å². The number of carbonyl (C=O) groups is 1. The Bertz CT molecular complexity index is 1020. The first-order chi connectivity index (χ1) is 12.2. The fourth-order valence-corrected chi connectivity index (χ4v) is 4.33. The van der Waals surface area contributed by atoms with Gasteiger partial charge in [0.25, 0.3) is 0 Å². The SMILES string of the molecule is Cc1cc2oc(=O)cc(COC(=O)[C@H]3CCCN3S(C)(=O)=O)c2cc1C. The monoisotopic (exact) mass is 379 g/mol. The van der Waals surface area contributed by atoms with Gasteiger partial charge in [0.15, 0.2) is 0 Å². The van der Waals surface area contributed by atoms with Gasteiger partial charge in [-0.25, -0.2) is 13.2 Å². The molecule has 8 heteroatoms. The molecule has 26 heavy (non-hydrogen) atoms. The van der Waals surface area contributed by atoms with Gasteiger partial charge in [0.1, 0.15) is 18.2 Å². The summed E-state index contributed by atoms with van der Waals surface area (Å²) in [5, 5.41) is 0.701. The van der Waals surface area contributed by atoms with Gasteiger partial charge in [0.2, 0.25) is 10.0 Å². The van der Waals surface area contributed by atoms with Crippen LogP contribution in [0.5, 0.6) is 0 Å². The molecule has 0 unspecified atom stereocenters. The number of aryl methyl sites for hydroxylation is 2. The van der Waals surface area contributed by atoms with Gasteiger partial charge in [-0.05, 0) is 49.9 Å². The maximum atomic E-state index is 12.4. The van der Waals surface area contributed by atoms with Gasteiger partial charge in [0.05, 0.1) is 6.26 Å². The molecular weight excluding hydrogens is 358 g/mol. The minimum atomic E-state index is -3.46. The summed E-state index contributed by atoms with van der Waals surface area (Å²) in [6, 6.07) is 4.16. The van der Waals surface area contributed by atoms with Crippen LogP contribution in [0.4, 0.5) is 0 Å². The highest BCUT2D eigenvalue weighted by atomic mass is 32.2. The molecule has 140 valence electrons. The smallest absolute Gasteiger partial charge is 0.336 e. The molecule has 0 aliphatic carbocycles. The second-order valence-electron chi connectivity index (χ2n) is 6.66. The lowest BCUT2D eigenvalue weighted by atomic mass is 10.0. The number of esters is 1. The van der Waals surface area contributed by atoms with Gasteiger partial charge < -0.3 is 9.15 Å². The van der Waals surface area contributed by atoms with Gasteiger partial charge in [-0.1, -0.05) is 0 Å². The standard InChI is InChI=1S/C18H21NO6S/c1-11-7-14-13(9-17(20)25-16(14)8-12(11)2)10-24-18(21)15-5-4-6-19(15)26(3,22)23/h7-9,15H,4-6,10H2,1-3H3/t15-/m1/s1. The highest BCUT2D eigenvalue weighted by Crippen LogP contribution is 2.24. The molecule has 1 aromatic heterocycles. The zero-order chi connectivity index (χ0) is 19.1. The Morgan fingerprint density at radius 2 is 1.96 bits per heavy atom. The summed E-state index contributed by atoms with van der Waals surface area (Å²) in [7, 11) is -3.46. The van der Waals surface area contributed by atoms with E-state index < -0.39 is 27.7 Å². The van der Waals surface area contributed by atoms with E-state index in [4.69, 9.17) is 9.15 Å². The number of hydrogen-bond donors (Lipinski definition) is 0. The first-order valence-electron chi connectivity index (χ1n) is 8.34. The van der Waals surface area contributed by atoms with Crippen molar-refractivity contribution in [2.45, 2.75) is 39.3 Å². The van der Waals surface area contributed by atoms with Crippen LogP contribution in [0.1, 0.15) is 29.5 Å². The van der Waals surface area contributed by atoms with Crippen LogP contribution >= 0.6 is 0 Å². The summed E-state index contributed by atoms with van der Waals surface area (Å²) < 4.78 is 35.3. The number of benzene rings is 1. The maximum Gasteiger partial charge on any atom is 0.336 e. The zero-order valence-corrected chi connectivity index (χ0v) is 15.8. The van der Waals surface area contributed by atoms with Crippen molar-refractivity contribution in [3.63, 3.8) is 0 Å². The Balaban J connectivity index is 1.85. The fourth-order valence-electron chi connectivity index (χ4n) is 3.22. The highest BCUT2D eigenvalue weighted by Gasteiger charge is 2.37. The lowest BCUT2D eigenvalue weighted by Crippen LogP contribution is -2.40. The molecule has 1 atom stereocenters. The van der Waals surface area contributed by atoms with Crippen molar-refractivity contribution in [1.29, 1.82) is 0 Å². The lowest BCUT2D eigenvalue weighted by molar-refractivity contribution is -0.148. The average molecular weight is 379 g/mol. The quantitative estimate of drug-likeness (QED) is 0.595. The molecule has 0 amide bonds. The van der Waals surface area contributed by atoms with Gasteiger partial charge >= 0.3 is 11.6 Å². The normalized spacial score (nSPS) is 18.3. The second kappa shape index (κ2) is 6.85. The summed E-state index contributed by atoms with van der Waals surface area (Å²) in [5.41, 5.74) is 2.47. The van der Waals surface area contributed by atoms with Crippen LogP contribution in [0.25, 0.3) is 11.0 Å². The molecule has 0 N–H and O–H groups in total. The third-order valence-electron chi connectivity index (χ3n) is 4.72. The van der Waals surface area contributed by atoms with Gasteiger partial charge in [-0.3, -0.25) is 4.79 Å². The minimum Gasteiger partial charge on any atom is -0.460 e. The fraction of sp³-hybridized carbons (Fsp3) is 0.444. The highest BCUT2D eigenvalue weighted by molar-refractivity contribution is 7.88. The van der Waals surface area contributed by atoms with E-state index in [9.17, 15) is 18.0 Å². The number of carbonyl (C=O) groups excluding carboxylic acids is 1. The van der Waals surface area contributed by atoms with Crippen molar-refractivity contribution in [2.75, 3.05) is 12.8 Å². The predicted octanol–water partition coefficient (Wildman–Crippen LogP) is 1.88. The number of fused-ring (bicyclic) bond motifs is 1. The molecular formula is C18H21NO6S. The van der Waals surface area contributed by atoms with Gasteiger partial charge in [-0.2, -0.15) is 4.31 Å². The van der Waals surface area contributed by atoms with Crippen molar-refractivity contribution in [2.24, 2.45) is 0 Å². The molecule has 1 fully saturated rings. The molecule has 0 radical (unpaired) electrons. The summed E-state index contributed by atoms with van der Waals surface area (Å²) in [6.07, 6.45) is 2.13. The average Bonchev–Trinajstić information content (AvgIpc) is 3.04. The molecule has 1 aliphatic heterocycles. The van der Waals surface area contributed by atoms with E-state index in [1.165, 1.54) is 10.4 Å². The molecule has 3 rings (SSSR count). The zero-order valence-electron chi connectivity index (χ0n) is 14.9. The third kappa shape index (κ3) is 3.66. The Morgan fingerprint density at radius 1 is 1.27 bits per heavy atom. The Kier molecular flexibility index (Phi) is 4.90. The molecule has 1 saturated heterocycles. The summed E-state index contributed by atoms with van der Waals surface area (Å²) in [4.78, 5) is 24.2. The number of nitrogens with zero attached hydrogens (tertiary/aromatic N) is 1. The third-order valence-corrected chi connectivity index (χ3v) is 6.01. The summed E-state index contributed by atoms with van der Waals surface area (Å²) in [6.45, 7) is 4.06. The predicted molar refractivity (Wildman–Crippen MR) is 96.3 cm³/mol. The number of sulfonamides is 1. The Labute approximate surface area is 151 Å². The molecule has 0 bridgehead atoms. The lowest BCUT2D eigenvalue weighted by Gasteiger charge is -2.20. The summed E-state index contributed by atoms with van der Waals surface area (Å²) in [5.74, 6) is -0.599. The van der Waals surface area contributed by atoms with E-state index in [0.29, 0.717) is 35.9 Å². The largest absolute Gasteiger partial charge is 0.460 e. The molecule has 0 spiro atoms.